The van der Waals surface area contributed by atoms with E-state index in [1.165, 1.54) is 7.11 Å². The first kappa shape index (κ1) is 22.7. The fourth-order valence-electron chi connectivity index (χ4n) is 3.85. The molecule has 1 amide bonds. The highest BCUT2D eigenvalue weighted by molar-refractivity contribution is 5.89. The first-order valence-electron chi connectivity index (χ1n) is 10.1. The molecular weight excluding hydrogens is 370 g/mol. The lowest BCUT2D eigenvalue weighted by Crippen LogP contribution is -2.37. The minimum Gasteiger partial charge on any atom is -0.469 e. The number of methoxy groups -OCH3 is 1. The van der Waals surface area contributed by atoms with Gasteiger partial charge in [-0.3, -0.25) is 9.59 Å². The summed E-state index contributed by atoms with van der Waals surface area (Å²) in [5.41, 5.74) is 0.488. The van der Waals surface area contributed by atoms with Gasteiger partial charge in [0.05, 0.1) is 31.1 Å². The Bertz CT molecular complexity index is 702. The van der Waals surface area contributed by atoms with Crippen molar-refractivity contribution in [2.45, 2.75) is 32.1 Å². The average molecular weight is 402 g/mol. The summed E-state index contributed by atoms with van der Waals surface area (Å²) >= 11 is 0. The summed E-state index contributed by atoms with van der Waals surface area (Å²) in [6.07, 6.45) is 5.65. The zero-order chi connectivity index (χ0) is 21.2. The van der Waals surface area contributed by atoms with Crippen molar-refractivity contribution in [1.82, 2.24) is 4.90 Å². The van der Waals surface area contributed by atoms with Gasteiger partial charge in [0.1, 0.15) is 0 Å². The van der Waals surface area contributed by atoms with Gasteiger partial charge in [0, 0.05) is 13.6 Å². The number of esters is 2. The number of hydrogen-bond donors (Lipinski definition) is 0. The number of benzene rings is 1. The monoisotopic (exact) mass is 401 g/mol. The second-order valence-electron chi connectivity index (χ2n) is 7.58. The van der Waals surface area contributed by atoms with Crippen molar-refractivity contribution >= 4 is 17.8 Å². The van der Waals surface area contributed by atoms with Crippen molar-refractivity contribution in [3.05, 3.63) is 48.6 Å². The van der Waals surface area contributed by atoms with E-state index in [9.17, 15) is 14.4 Å². The first-order valence-corrected chi connectivity index (χ1v) is 10.1. The Morgan fingerprint density at radius 3 is 2.48 bits per heavy atom. The van der Waals surface area contributed by atoms with E-state index >= 15 is 0 Å². The number of hydrogen-bond acceptors (Lipinski definition) is 5. The molecular formula is C23H31NO5. The molecule has 0 N–H and O–H groups in total. The van der Waals surface area contributed by atoms with Crippen molar-refractivity contribution in [3.8, 4) is 0 Å². The Balaban J connectivity index is 1.94. The van der Waals surface area contributed by atoms with Gasteiger partial charge in [-0.25, -0.2) is 4.79 Å². The van der Waals surface area contributed by atoms with Crippen LogP contribution in [0.2, 0.25) is 0 Å². The quantitative estimate of drug-likeness (QED) is 0.341. The van der Waals surface area contributed by atoms with Crippen LogP contribution in [0.15, 0.2) is 43.0 Å². The maximum Gasteiger partial charge on any atom is 0.338 e. The Kier molecular flexibility index (Phi) is 8.90. The smallest absolute Gasteiger partial charge is 0.338 e. The lowest BCUT2D eigenvalue weighted by Gasteiger charge is -2.24. The van der Waals surface area contributed by atoms with E-state index in [0.29, 0.717) is 24.9 Å². The van der Waals surface area contributed by atoms with Crippen LogP contribution in [0.3, 0.4) is 0 Å². The Morgan fingerprint density at radius 1 is 1.14 bits per heavy atom. The first-order chi connectivity index (χ1) is 14.0. The minimum absolute atomic E-state index is 0.0455. The van der Waals surface area contributed by atoms with Crippen LogP contribution in [0.25, 0.3) is 0 Å². The number of carbonyl (C=O) groups is 3. The van der Waals surface area contributed by atoms with Crippen molar-refractivity contribution < 1.29 is 23.9 Å². The molecule has 6 heteroatoms. The van der Waals surface area contributed by atoms with Gasteiger partial charge in [0.2, 0.25) is 5.91 Å². The topological polar surface area (TPSA) is 72.9 Å². The number of nitrogens with zero attached hydrogens (tertiary/aromatic N) is 1. The molecule has 3 atom stereocenters. The van der Waals surface area contributed by atoms with Crippen LogP contribution in [0, 0.1) is 17.8 Å². The normalized spacial score (nSPS) is 20.7. The number of allylic oxidation sites excluding steroid dienone is 1. The van der Waals surface area contributed by atoms with Crippen LogP contribution in [0.4, 0.5) is 0 Å². The van der Waals surface area contributed by atoms with Crippen LogP contribution in [0.5, 0.6) is 0 Å². The van der Waals surface area contributed by atoms with Crippen LogP contribution in [-0.2, 0) is 19.1 Å². The fourth-order valence-corrected chi connectivity index (χ4v) is 3.85. The lowest BCUT2D eigenvalue weighted by atomic mass is 9.94. The van der Waals surface area contributed by atoms with Crippen molar-refractivity contribution in [3.63, 3.8) is 0 Å². The Morgan fingerprint density at radius 2 is 1.83 bits per heavy atom. The molecule has 1 fully saturated rings. The summed E-state index contributed by atoms with van der Waals surface area (Å²) in [5, 5.41) is 0. The maximum atomic E-state index is 12.9. The van der Waals surface area contributed by atoms with E-state index in [2.05, 4.69) is 6.58 Å². The molecule has 0 bridgehead atoms. The number of rotatable bonds is 10. The fraction of sp³-hybridized carbons (Fsp3) is 0.522. The zero-order valence-corrected chi connectivity index (χ0v) is 17.3. The van der Waals surface area contributed by atoms with Crippen molar-refractivity contribution in [2.75, 3.05) is 27.3 Å². The highest BCUT2D eigenvalue weighted by Crippen LogP contribution is 2.38. The molecule has 0 heterocycles. The van der Waals surface area contributed by atoms with E-state index in [-0.39, 0.29) is 24.4 Å². The molecule has 1 saturated carbocycles. The van der Waals surface area contributed by atoms with Gasteiger partial charge in [-0.1, -0.05) is 24.3 Å². The highest BCUT2D eigenvalue weighted by Gasteiger charge is 2.44. The molecule has 29 heavy (non-hydrogen) atoms. The highest BCUT2D eigenvalue weighted by atomic mass is 16.5. The number of ether oxygens (including phenoxy) is 2. The zero-order valence-electron chi connectivity index (χ0n) is 17.3. The van der Waals surface area contributed by atoms with Gasteiger partial charge in [-0.05, 0) is 50.2 Å². The van der Waals surface area contributed by atoms with E-state index in [0.717, 1.165) is 19.3 Å². The SMILES string of the molecule is C=CCCCCN(C)C(=O)[C@@H]1C[C@@H](COC(=O)c2ccccc2)C[C@H]1C(=O)OC. The molecule has 1 aromatic rings. The van der Waals surface area contributed by atoms with Gasteiger partial charge in [0.25, 0.3) is 0 Å². The molecule has 0 aliphatic heterocycles. The van der Waals surface area contributed by atoms with Gasteiger partial charge >= 0.3 is 11.9 Å². The summed E-state index contributed by atoms with van der Waals surface area (Å²) in [7, 11) is 3.11. The van der Waals surface area contributed by atoms with Gasteiger partial charge < -0.3 is 14.4 Å². The van der Waals surface area contributed by atoms with Crippen LogP contribution < -0.4 is 0 Å². The second-order valence-corrected chi connectivity index (χ2v) is 7.58. The predicted octanol–water partition coefficient (Wildman–Crippen LogP) is 3.47. The molecule has 0 radical (unpaired) electrons. The van der Waals surface area contributed by atoms with Crippen molar-refractivity contribution in [1.29, 1.82) is 0 Å². The van der Waals surface area contributed by atoms with Crippen LogP contribution in [0.1, 0.15) is 42.5 Å². The maximum absolute atomic E-state index is 12.9. The third kappa shape index (κ3) is 6.44. The molecule has 6 nitrogen and oxygen atoms in total. The molecule has 0 unspecified atom stereocenters. The Labute approximate surface area is 172 Å². The largest absolute Gasteiger partial charge is 0.469 e. The summed E-state index contributed by atoms with van der Waals surface area (Å²) in [5.74, 6) is -1.80. The summed E-state index contributed by atoms with van der Waals surface area (Å²) in [6, 6.07) is 8.78. The van der Waals surface area contributed by atoms with E-state index < -0.39 is 17.8 Å². The molecule has 0 saturated heterocycles. The molecule has 0 aromatic heterocycles. The molecule has 158 valence electrons. The third-order valence-corrected chi connectivity index (χ3v) is 5.47. The predicted molar refractivity (Wildman–Crippen MR) is 110 cm³/mol. The Hall–Kier alpha value is -2.63. The molecule has 1 aliphatic carbocycles. The average Bonchev–Trinajstić information content (AvgIpc) is 3.18. The second kappa shape index (κ2) is 11.4. The standard InChI is InChI=1S/C23H31NO5/c1-4-5-6-10-13-24(2)21(25)19-14-17(15-20(19)23(27)28-3)16-29-22(26)18-11-8-7-9-12-18/h4,7-9,11-12,17,19-20H,1,5-6,10,13-16H2,2-3H3/t17-,19-,20-/m1/s1. The molecule has 2 rings (SSSR count). The van der Waals surface area contributed by atoms with Gasteiger partial charge in [-0.2, -0.15) is 0 Å². The van der Waals surface area contributed by atoms with Gasteiger partial charge in [0.15, 0.2) is 0 Å². The lowest BCUT2D eigenvalue weighted by molar-refractivity contribution is -0.151. The van der Waals surface area contributed by atoms with E-state index in [1.54, 1.807) is 36.2 Å². The summed E-state index contributed by atoms with van der Waals surface area (Å²) in [6.45, 7) is 4.54. The van der Waals surface area contributed by atoms with Crippen molar-refractivity contribution in [2.24, 2.45) is 17.8 Å². The van der Waals surface area contributed by atoms with Crippen LogP contribution >= 0.6 is 0 Å². The number of carbonyl (C=O) groups excluding carboxylic acids is 3. The molecule has 0 spiro atoms. The number of unbranched alkanes of at least 4 members (excludes halogenated alkanes) is 2. The molecule has 1 aliphatic rings. The van der Waals surface area contributed by atoms with E-state index in [1.807, 2.05) is 12.1 Å². The summed E-state index contributed by atoms with van der Waals surface area (Å²) < 4.78 is 10.4. The number of amides is 1. The summed E-state index contributed by atoms with van der Waals surface area (Å²) in [4.78, 5) is 39.0. The third-order valence-electron chi connectivity index (χ3n) is 5.47. The molecule has 1 aromatic carbocycles. The van der Waals surface area contributed by atoms with Crippen LogP contribution in [-0.4, -0.2) is 50.1 Å². The van der Waals surface area contributed by atoms with Gasteiger partial charge in [-0.15, -0.1) is 6.58 Å². The van der Waals surface area contributed by atoms with E-state index in [4.69, 9.17) is 9.47 Å². The minimum atomic E-state index is -0.497.